The molecule has 4 heteroatoms. The number of halogens is 1. The van der Waals surface area contributed by atoms with Gasteiger partial charge in [-0.15, -0.1) is 0 Å². The summed E-state index contributed by atoms with van der Waals surface area (Å²) < 4.78 is 15.6. The molecular formula is C11H6FNOS. The van der Waals surface area contributed by atoms with Crippen molar-refractivity contribution in [3.63, 3.8) is 0 Å². The molecular weight excluding hydrogens is 213 g/mol. The molecule has 0 spiro atoms. The van der Waals surface area contributed by atoms with Crippen LogP contribution in [0.5, 0.6) is 0 Å². The highest BCUT2D eigenvalue weighted by atomic mass is 32.1. The average Bonchev–Trinajstić information content (AvgIpc) is 2.68. The quantitative estimate of drug-likeness (QED) is 0.569. The highest BCUT2D eigenvalue weighted by molar-refractivity contribution is 7.13. The molecule has 0 unspecified atom stereocenters. The molecule has 0 aliphatic heterocycles. The maximum Gasteiger partial charge on any atom is 0.212 e. The molecule has 3 rings (SSSR count). The summed E-state index contributed by atoms with van der Waals surface area (Å²) in [4.78, 5) is 11.9. The summed E-state index contributed by atoms with van der Waals surface area (Å²) >= 11 is 1.43. The SMILES string of the molecule is O=c1c2cc(F)ccc2sn2cccc12. The van der Waals surface area contributed by atoms with Gasteiger partial charge < -0.3 is 0 Å². The Morgan fingerprint density at radius 1 is 1.27 bits per heavy atom. The fraction of sp³-hybridized carbons (Fsp3) is 0. The van der Waals surface area contributed by atoms with Crippen molar-refractivity contribution in [3.8, 4) is 0 Å². The van der Waals surface area contributed by atoms with E-state index < -0.39 is 0 Å². The third-order valence-electron chi connectivity index (χ3n) is 2.33. The highest BCUT2D eigenvalue weighted by Crippen LogP contribution is 2.18. The van der Waals surface area contributed by atoms with Gasteiger partial charge in [-0.25, -0.2) is 4.39 Å². The lowest BCUT2D eigenvalue weighted by atomic mass is 10.2. The topological polar surface area (TPSA) is 21.5 Å². The first-order valence-electron chi connectivity index (χ1n) is 4.45. The zero-order chi connectivity index (χ0) is 10.4. The first-order chi connectivity index (χ1) is 7.25. The second kappa shape index (κ2) is 2.90. The Kier molecular flexibility index (Phi) is 1.67. The number of rotatable bonds is 0. The smallest absolute Gasteiger partial charge is 0.212 e. The molecule has 1 aromatic carbocycles. The Balaban J connectivity index is 2.64. The van der Waals surface area contributed by atoms with Crippen LogP contribution in [-0.4, -0.2) is 3.79 Å². The molecule has 2 aromatic heterocycles. The van der Waals surface area contributed by atoms with Gasteiger partial charge in [-0.1, -0.05) is 11.5 Å². The van der Waals surface area contributed by atoms with E-state index in [1.54, 1.807) is 15.9 Å². The van der Waals surface area contributed by atoms with Crippen molar-refractivity contribution in [2.45, 2.75) is 0 Å². The van der Waals surface area contributed by atoms with Gasteiger partial charge in [-0.05, 0) is 30.3 Å². The standard InChI is InChI=1S/C11H6FNOS/c12-7-3-4-10-8(6-7)11(14)9-2-1-5-13(9)15-10/h1-6H. The van der Waals surface area contributed by atoms with Crippen molar-refractivity contribution in [2.24, 2.45) is 0 Å². The van der Waals surface area contributed by atoms with E-state index in [0.29, 0.717) is 10.9 Å². The summed E-state index contributed by atoms with van der Waals surface area (Å²) in [5.41, 5.74) is 0.478. The second-order valence-electron chi connectivity index (χ2n) is 3.28. The Labute approximate surface area is 88.4 Å². The van der Waals surface area contributed by atoms with Crippen LogP contribution in [0.2, 0.25) is 0 Å². The lowest BCUT2D eigenvalue weighted by Crippen LogP contribution is -2.03. The lowest BCUT2D eigenvalue weighted by Gasteiger charge is -1.98. The minimum atomic E-state index is -0.372. The summed E-state index contributed by atoms with van der Waals surface area (Å²) in [6.45, 7) is 0. The molecule has 15 heavy (non-hydrogen) atoms. The van der Waals surface area contributed by atoms with Crippen molar-refractivity contribution in [2.75, 3.05) is 0 Å². The molecule has 2 heterocycles. The van der Waals surface area contributed by atoms with Crippen LogP contribution in [0.3, 0.4) is 0 Å². The van der Waals surface area contributed by atoms with Crippen LogP contribution >= 0.6 is 11.5 Å². The average molecular weight is 219 g/mol. The van der Waals surface area contributed by atoms with Gasteiger partial charge in [0, 0.05) is 11.6 Å². The van der Waals surface area contributed by atoms with Crippen LogP contribution in [0.1, 0.15) is 0 Å². The highest BCUT2D eigenvalue weighted by Gasteiger charge is 2.05. The van der Waals surface area contributed by atoms with Crippen LogP contribution in [0.4, 0.5) is 4.39 Å². The van der Waals surface area contributed by atoms with Gasteiger partial charge in [0.25, 0.3) is 0 Å². The fourth-order valence-corrected chi connectivity index (χ4v) is 2.59. The number of nitrogens with zero attached hydrogens (tertiary/aromatic N) is 1. The van der Waals surface area contributed by atoms with Crippen molar-refractivity contribution >= 4 is 27.1 Å². The summed E-state index contributed by atoms with van der Waals surface area (Å²) in [6, 6.07) is 7.84. The maximum atomic E-state index is 13.0. The zero-order valence-corrected chi connectivity index (χ0v) is 8.42. The van der Waals surface area contributed by atoms with Crippen molar-refractivity contribution < 1.29 is 4.39 Å². The van der Waals surface area contributed by atoms with Crippen molar-refractivity contribution in [3.05, 3.63) is 52.6 Å². The van der Waals surface area contributed by atoms with Gasteiger partial charge in [0.05, 0.1) is 4.70 Å². The van der Waals surface area contributed by atoms with Gasteiger partial charge >= 0.3 is 0 Å². The van der Waals surface area contributed by atoms with Crippen LogP contribution in [0, 0.1) is 5.82 Å². The molecule has 0 amide bonds. The molecule has 74 valence electrons. The van der Waals surface area contributed by atoms with E-state index in [1.165, 1.54) is 23.7 Å². The monoisotopic (exact) mass is 219 g/mol. The number of aromatic nitrogens is 1. The normalized spacial score (nSPS) is 11.3. The summed E-state index contributed by atoms with van der Waals surface area (Å²) in [5.74, 6) is -0.372. The van der Waals surface area contributed by atoms with Gasteiger partial charge in [0.15, 0.2) is 0 Å². The molecule has 0 bridgehead atoms. The van der Waals surface area contributed by atoms with Crippen molar-refractivity contribution in [1.29, 1.82) is 0 Å². The van der Waals surface area contributed by atoms with E-state index in [4.69, 9.17) is 0 Å². The molecule has 0 saturated heterocycles. The van der Waals surface area contributed by atoms with E-state index in [2.05, 4.69) is 0 Å². The number of fused-ring (bicyclic) bond motifs is 2. The Hall–Kier alpha value is -1.68. The van der Waals surface area contributed by atoms with Crippen LogP contribution in [0.25, 0.3) is 15.6 Å². The van der Waals surface area contributed by atoms with E-state index in [9.17, 15) is 9.18 Å². The van der Waals surface area contributed by atoms with E-state index >= 15 is 0 Å². The number of hydrogen-bond donors (Lipinski definition) is 0. The van der Waals surface area contributed by atoms with Crippen LogP contribution in [-0.2, 0) is 0 Å². The Morgan fingerprint density at radius 2 is 2.13 bits per heavy atom. The van der Waals surface area contributed by atoms with Crippen LogP contribution in [0.15, 0.2) is 41.3 Å². The van der Waals surface area contributed by atoms with Gasteiger partial charge in [0.1, 0.15) is 11.3 Å². The fourth-order valence-electron chi connectivity index (χ4n) is 1.62. The predicted molar refractivity (Wildman–Crippen MR) is 59.0 cm³/mol. The maximum absolute atomic E-state index is 13.0. The molecule has 0 atom stereocenters. The summed E-state index contributed by atoms with van der Waals surface area (Å²) in [7, 11) is 0. The molecule has 2 nitrogen and oxygen atoms in total. The zero-order valence-electron chi connectivity index (χ0n) is 7.61. The third kappa shape index (κ3) is 1.18. The molecule has 0 aliphatic rings. The van der Waals surface area contributed by atoms with E-state index in [1.807, 2.05) is 12.3 Å². The first kappa shape index (κ1) is 8.61. The molecule has 3 aromatic rings. The van der Waals surface area contributed by atoms with E-state index in [-0.39, 0.29) is 11.2 Å². The minimum Gasteiger partial charge on any atom is -0.287 e. The third-order valence-corrected chi connectivity index (χ3v) is 3.40. The largest absolute Gasteiger partial charge is 0.287 e. The minimum absolute atomic E-state index is 0.117. The molecule has 0 fully saturated rings. The number of benzene rings is 1. The Morgan fingerprint density at radius 3 is 3.00 bits per heavy atom. The summed E-state index contributed by atoms with van der Waals surface area (Å²) in [6.07, 6.45) is 1.82. The molecule has 0 radical (unpaired) electrons. The van der Waals surface area contributed by atoms with Crippen LogP contribution < -0.4 is 5.43 Å². The molecule has 0 aliphatic carbocycles. The Bertz CT molecular complexity index is 713. The molecule has 0 saturated carbocycles. The summed E-state index contributed by atoms with van der Waals surface area (Å²) in [5, 5.41) is 0.450. The van der Waals surface area contributed by atoms with Gasteiger partial charge in [0.2, 0.25) is 5.43 Å². The lowest BCUT2D eigenvalue weighted by molar-refractivity contribution is 0.630. The first-order valence-corrected chi connectivity index (χ1v) is 5.23. The van der Waals surface area contributed by atoms with Gasteiger partial charge in [-0.3, -0.25) is 8.58 Å². The van der Waals surface area contributed by atoms with Gasteiger partial charge in [-0.2, -0.15) is 0 Å². The molecule has 0 N–H and O–H groups in total. The predicted octanol–water partition coefficient (Wildman–Crippen LogP) is 2.65. The second-order valence-corrected chi connectivity index (χ2v) is 4.30. The number of hydrogen-bond acceptors (Lipinski definition) is 2. The van der Waals surface area contributed by atoms with Crippen molar-refractivity contribution in [1.82, 2.24) is 3.79 Å². The van der Waals surface area contributed by atoms with E-state index in [0.717, 1.165) is 4.70 Å².